The molecule has 4 aromatic carbocycles. The fraction of sp³-hybridized carbons (Fsp3) is 0.0400. The molecule has 5 heteroatoms. The number of esters is 1. The Hall–Kier alpha value is -3.99. The molecular weight excluding hydrogens is 379 g/mol. The SMILES string of the molecule is COC(=O)c1ccc2c(c1)nc(-c1ccc3ccccc3c1)n2-c1ccc(F)cc1. The highest BCUT2D eigenvalue weighted by molar-refractivity contribution is 5.95. The fourth-order valence-corrected chi connectivity index (χ4v) is 3.70. The topological polar surface area (TPSA) is 44.1 Å². The minimum absolute atomic E-state index is 0.302. The minimum Gasteiger partial charge on any atom is -0.465 e. The molecule has 0 spiro atoms. The summed E-state index contributed by atoms with van der Waals surface area (Å²) in [6.45, 7) is 0. The van der Waals surface area contributed by atoms with Crippen LogP contribution >= 0.6 is 0 Å². The van der Waals surface area contributed by atoms with E-state index in [4.69, 9.17) is 9.72 Å². The van der Waals surface area contributed by atoms with Gasteiger partial charge in [-0.25, -0.2) is 14.2 Å². The Kier molecular flexibility index (Phi) is 4.29. The highest BCUT2D eigenvalue weighted by atomic mass is 19.1. The lowest BCUT2D eigenvalue weighted by Gasteiger charge is -2.10. The first-order chi connectivity index (χ1) is 14.6. The number of halogens is 1. The average molecular weight is 396 g/mol. The summed E-state index contributed by atoms with van der Waals surface area (Å²) in [7, 11) is 1.35. The molecule has 1 heterocycles. The van der Waals surface area contributed by atoms with Crippen molar-refractivity contribution in [1.29, 1.82) is 0 Å². The van der Waals surface area contributed by atoms with Crippen LogP contribution in [0.15, 0.2) is 84.9 Å². The summed E-state index contributed by atoms with van der Waals surface area (Å²) in [5.74, 6) is -0.00623. The molecule has 146 valence electrons. The first kappa shape index (κ1) is 18.1. The van der Waals surface area contributed by atoms with Gasteiger partial charge < -0.3 is 4.74 Å². The van der Waals surface area contributed by atoms with Crippen molar-refractivity contribution in [2.75, 3.05) is 7.11 Å². The molecule has 30 heavy (non-hydrogen) atoms. The molecule has 4 nitrogen and oxygen atoms in total. The molecule has 0 saturated heterocycles. The van der Waals surface area contributed by atoms with E-state index in [2.05, 4.69) is 24.3 Å². The molecule has 0 fully saturated rings. The number of hydrogen-bond acceptors (Lipinski definition) is 3. The normalized spacial score (nSPS) is 11.1. The molecule has 0 N–H and O–H groups in total. The van der Waals surface area contributed by atoms with Gasteiger partial charge >= 0.3 is 5.97 Å². The van der Waals surface area contributed by atoms with E-state index < -0.39 is 5.97 Å². The van der Waals surface area contributed by atoms with Gasteiger partial charge in [-0.05, 0) is 59.3 Å². The van der Waals surface area contributed by atoms with Gasteiger partial charge in [-0.3, -0.25) is 4.57 Å². The van der Waals surface area contributed by atoms with Gasteiger partial charge in [0.2, 0.25) is 0 Å². The van der Waals surface area contributed by atoms with Gasteiger partial charge in [0.15, 0.2) is 0 Å². The van der Waals surface area contributed by atoms with Gasteiger partial charge in [0.05, 0.1) is 23.7 Å². The summed E-state index contributed by atoms with van der Waals surface area (Å²) >= 11 is 0. The van der Waals surface area contributed by atoms with E-state index in [0.717, 1.165) is 27.5 Å². The molecular formula is C25H17FN2O2. The number of ether oxygens (including phenoxy) is 1. The van der Waals surface area contributed by atoms with E-state index in [1.54, 1.807) is 24.3 Å². The third-order valence-corrected chi connectivity index (χ3v) is 5.17. The predicted molar refractivity (Wildman–Crippen MR) is 115 cm³/mol. The summed E-state index contributed by atoms with van der Waals surface area (Å²) in [5, 5.41) is 2.24. The Labute approximate surface area is 172 Å². The highest BCUT2D eigenvalue weighted by Crippen LogP contribution is 2.31. The first-order valence-corrected chi connectivity index (χ1v) is 9.50. The molecule has 5 rings (SSSR count). The molecule has 0 bridgehead atoms. The summed E-state index contributed by atoms with van der Waals surface area (Å²) in [6.07, 6.45) is 0. The van der Waals surface area contributed by atoms with Gasteiger partial charge in [-0.15, -0.1) is 0 Å². The number of carbonyl (C=O) groups is 1. The lowest BCUT2D eigenvalue weighted by atomic mass is 10.1. The lowest BCUT2D eigenvalue weighted by molar-refractivity contribution is 0.0601. The van der Waals surface area contributed by atoms with Crippen LogP contribution in [0.4, 0.5) is 4.39 Å². The van der Waals surface area contributed by atoms with E-state index >= 15 is 0 Å². The zero-order chi connectivity index (χ0) is 20.7. The van der Waals surface area contributed by atoms with Gasteiger partial charge in [0, 0.05) is 11.3 Å². The number of imidazole rings is 1. The van der Waals surface area contributed by atoms with Gasteiger partial charge in [0.1, 0.15) is 11.6 Å². The Morgan fingerprint density at radius 2 is 1.67 bits per heavy atom. The minimum atomic E-state index is -0.416. The summed E-state index contributed by atoms with van der Waals surface area (Å²) in [6, 6.07) is 25.8. The number of fused-ring (bicyclic) bond motifs is 2. The fourth-order valence-electron chi connectivity index (χ4n) is 3.70. The van der Waals surface area contributed by atoms with Gasteiger partial charge in [-0.1, -0.05) is 36.4 Å². The average Bonchev–Trinajstić information content (AvgIpc) is 3.17. The largest absolute Gasteiger partial charge is 0.465 e. The summed E-state index contributed by atoms with van der Waals surface area (Å²) in [4.78, 5) is 16.8. The van der Waals surface area contributed by atoms with Crippen molar-refractivity contribution in [3.63, 3.8) is 0 Å². The van der Waals surface area contributed by atoms with E-state index in [-0.39, 0.29) is 5.82 Å². The highest BCUT2D eigenvalue weighted by Gasteiger charge is 2.17. The van der Waals surface area contributed by atoms with Crippen LogP contribution in [0.1, 0.15) is 10.4 Å². The van der Waals surface area contributed by atoms with E-state index in [0.29, 0.717) is 16.9 Å². The molecule has 0 unspecified atom stereocenters. The van der Waals surface area contributed by atoms with Crippen molar-refractivity contribution < 1.29 is 13.9 Å². The zero-order valence-electron chi connectivity index (χ0n) is 16.2. The number of hydrogen-bond donors (Lipinski definition) is 0. The zero-order valence-corrected chi connectivity index (χ0v) is 16.2. The van der Waals surface area contributed by atoms with Crippen LogP contribution < -0.4 is 0 Å². The van der Waals surface area contributed by atoms with Gasteiger partial charge in [-0.2, -0.15) is 0 Å². The number of nitrogens with zero attached hydrogens (tertiary/aromatic N) is 2. The van der Waals surface area contributed by atoms with Crippen LogP contribution in [-0.2, 0) is 4.74 Å². The monoisotopic (exact) mass is 396 g/mol. The van der Waals surface area contributed by atoms with E-state index in [1.165, 1.54) is 19.2 Å². The molecule has 0 atom stereocenters. The maximum absolute atomic E-state index is 13.5. The Bertz CT molecular complexity index is 1400. The number of carbonyl (C=O) groups excluding carboxylic acids is 1. The molecule has 0 amide bonds. The molecule has 0 aliphatic carbocycles. The lowest BCUT2D eigenvalue weighted by Crippen LogP contribution is -2.01. The molecule has 1 aromatic heterocycles. The Morgan fingerprint density at radius 3 is 2.43 bits per heavy atom. The number of methoxy groups -OCH3 is 1. The van der Waals surface area contributed by atoms with Crippen molar-refractivity contribution in [2.24, 2.45) is 0 Å². The molecule has 0 saturated carbocycles. The maximum atomic E-state index is 13.5. The van der Waals surface area contributed by atoms with Crippen LogP contribution in [0.25, 0.3) is 38.9 Å². The molecule has 5 aromatic rings. The van der Waals surface area contributed by atoms with Crippen LogP contribution in [0.5, 0.6) is 0 Å². The quantitative estimate of drug-likeness (QED) is 0.364. The Morgan fingerprint density at radius 1 is 0.900 bits per heavy atom. The second-order valence-electron chi connectivity index (χ2n) is 7.00. The van der Waals surface area contributed by atoms with E-state index in [1.807, 2.05) is 28.8 Å². The van der Waals surface area contributed by atoms with Crippen LogP contribution in [0, 0.1) is 5.82 Å². The van der Waals surface area contributed by atoms with Crippen molar-refractivity contribution in [3.05, 3.63) is 96.3 Å². The third-order valence-electron chi connectivity index (χ3n) is 5.17. The first-order valence-electron chi connectivity index (χ1n) is 9.50. The second-order valence-corrected chi connectivity index (χ2v) is 7.00. The molecule has 0 aliphatic rings. The smallest absolute Gasteiger partial charge is 0.337 e. The number of aromatic nitrogens is 2. The summed E-state index contributed by atoms with van der Waals surface area (Å²) in [5.41, 5.74) is 3.61. The predicted octanol–water partition coefficient (Wildman–Crippen LogP) is 5.77. The van der Waals surface area contributed by atoms with Gasteiger partial charge in [0.25, 0.3) is 0 Å². The van der Waals surface area contributed by atoms with Crippen molar-refractivity contribution in [1.82, 2.24) is 9.55 Å². The maximum Gasteiger partial charge on any atom is 0.337 e. The number of rotatable bonds is 3. The van der Waals surface area contributed by atoms with Crippen molar-refractivity contribution in [2.45, 2.75) is 0 Å². The molecule has 0 radical (unpaired) electrons. The standard InChI is InChI=1S/C25H17FN2O2/c1-30-25(29)19-8-13-23-22(15-19)27-24(28(23)21-11-9-20(26)10-12-21)18-7-6-16-4-2-3-5-17(16)14-18/h2-15H,1H3. The van der Waals surface area contributed by atoms with Crippen LogP contribution in [-0.4, -0.2) is 22.6 Å². The third kappa shape index (κ3) is 3.01. The van der Waals surface area contributed by atoms with Crippen LogP contribution in [0.3, 0.4) is 0 Å². The Balaban J connectivity index is 1.78. The van der Waals surface area contributed by atoms with E-state index in [9.17, 15) is 9.18 Å². The number of benzene rings is 4. The summed E-state index contributed by atoms with van der Waals surface area (Å²) < 4.78 is 20.4. The van der Waals surface area contributed by atoms with Crippen molar-refractivity contribution in [3.8, 4) is 17.1 Å². The van der Waals surface area contributed by atoms with Crippen molar-refractivity contribution >= 4 is 27.8 Å². The van der Waals surface area contributed by atoms with Crippen LogP contribution in [0.2, 0.25) is 0 Å². The molecule has 0 aliphatic heterocycles. The second kappa shape index (κ2) is 7.12.